The summed E-state index contributed by atoms with van der Waals surface area (Å²) in [6.45, 7) is 15.6. The zero-order valence-electron chi connectivity index (χ0n) is 15.1. The molecule has 1 saturated carbocycles. The van der Waals surface area contributed by atoms with Crippen LogP contribution in [-0.2, 0) is 0 Å². The molecular formula is C19H38N2. The third kappa shape index (κ3) is 3.82. The van der Waals surface area contributed by atoms with E-state index in [1.165, 1.54) is 45.2 Å². The van der Waals surface area contributed by atoms with Gasteiger partial charge in [-0.1, -0.05) is 41.0 Å². The van der Waals surface area contributed by atoms with Crippen LogP contribution in [0.1, 0.15) is 66.7 Å². The minimum atomic E-state index is 0.495. The van der Waals surface area contributed by atoms with Gasteiger partial charge in [-0.25, -0.2) is 0 Å². The standard InChI is InChI=1S/C19H38N2/c1-6-19(4,5)17-8-7-15(12-20)18(11-17)21-10-9-16(13-21)14(2)3/h14-18H,6-13,20H2,1-5H3. The molecule has 21 heavy (non-hydrogen) atoms. The summed E-state index contributed by atoms with van der Waals surface area (Å²) < 4.78 is 0. The molecule has 124 valence electrons. The zero-order chi connectivity index (χ0) is 15.6. The molecule has 0 aromatic rings. The Morgan fingerprint density at radius 3 is 2.43 bits per heavy atom. The highest BCUT2D eigenvalue weighted by molar-refractivity contribution is 4.94. The van der Waals surface area contributed by atoms with Crippen molar-refractivity contribution in [3.63, 3.8) is 0 Å². The first kappa shape index (κ1) is 17.3. The van der Waals surface area contributed by atoms with E-state index in [0.717, 1.165) is 36.3 Å². The van der Waals surface area contributed by atoms with Gasteiger partial charge in [0.05, 0.1) is 0 Å². The maximum Gasteiger partial charge on any atom is 0.0138 e. The minimum absolute atomic E-state index is 0.495. The molecule has 0 bridgehead atoms. The molecule has 1 heterocycles. The van der Waals surface area contributed by atoms with Crippen molar-refractivity contribution in [1.29, 1.82) is 0 Å². The maximum absolute atomic E-state index is 6.12. The molecule has 2 N–H and O–H groups in total. The molecule has 4 unspecified atom stereocenters. The Hall–Kier alpha value is -0.0800. The molecule has 1 saturated heterocycles. The number of hydrogen-bond acceptors (Lipinski definition) is 2. The van der Waals surface area contributed by atoms with Gasteiger partial charge in [-0.15, -0.1) is 0 Å². The fourth-order valence-electron chi connectivity index (χ4n) is 4.59. The van der Waals surface area contributed by atoms with E-state index in [1.807, 2.05) is 0 Å². The van der Waals surface area contributed by atoms with E-state index in [9.17, 15) is 0 Å². The average Bonchev–Trinajstić information content (AvgIpc) is 2.96. The van der Waals surface area contributed by atoms with Crippen LogP contribution in [0.25, 0.3) is 0 Å². The Balaban J connectivity index is 2.04. The lowest BCUT2D eigenvalue weighted by atomic mass is 9.65. The van der Waals surface area contributed by atoms with Crippen LogP contribution in [0.2, 0.25) is 0 Å². The van der Waals surface area contributed by atoms with Crippen molar-refractivity contribution < 1.29 is 0 Å². The highest BCUT2D eigenvalue weighted by Crippen LogP contribution is 2.44. The number of likely N-dealkylation sites (tertiary alicyclic amines) is 1. The van der Waals surface area contributed by atoms with Gasteiger partial charge in [0.1, 0.15) is 0 Å². The van der Waals surface area contributed by atoms with Crippen molar-refractivity contribution in [2.24, 2.45) is 34.8 Å². The summed E-state index contributed by atoms with van der Waals surface area (Å²) in [5.41, 5.74) is 6.61. The number of hydrogen-bond donors (Lipinski definition) is 1. The van der Waals surface area contributed by atoms with Crippen LogP contribution in [-0.4, -0.2) is 30.6 Å². The summed E-state index contributed by atoms with van der Waals surface area (Å²) in [6.07, 6.45) is 6.81. The second-order valence-electron chi connectivity index (χ2n) is 8.70. The van der Waals surface area contributed by atoms with Crippen molar-refractivity contribution in [2.45, 2.75) is 72.8 Å². The van der Waals surface area contributed by atoms with E-state index in [0.29, 0.717) is 5.41 Å². The monoisotopic (exact) mass is 294 g/mol. The molecule has 2 heteroatoms. The van der Waals surface area contributed by atoms with Crippen LogP contribution in [0.4, 0.5) is 0 Å². The summed E-state index contributed by atoms with van der Waals surface area (Å²) in [5, 5.41) is 0. The topological polar surface area (TPSA) is 29.3 Å². The van der Waals surface area contributed by atoms with E-state index >= 15 is 0 Å². The highest BCUT2D eigenvalue weighted by atomic mass is 15.2. The summed E-state index contributed by atoms with van der Waals surface area (Å²) in [4.78, 5) is 2.81. The number of nitrogens with two attached hydrogens (primary N) is 1. The Labute approximate surface area is 132 Å². The minimum Gasteiger partial charge on any atom is -0.330 e. The Bertz CT molecular complexity index is 324. The number of rotatable bonds is 5. The van der Waals surface area contributed by atoms with Crippen LogP contribution >= 0.6 is 0 Å². The van der Waals surface area contributed by atoms with E-state index in [2.05, 4.69) is 39.5 Å². The van der Waals surface area contributed by atoms with E-state index < -0.39 is 0 Å². The molecule has 1 aliphatic heterocycles. The first-order valence-electron chi connectivity index (χ1n) is 9.33. The maximum atomic E-state index is 6.12. The van der Waals surface area contributed by atoms with Gasteiger partial charge in [0.25, 0.3) is 0 Å². The molecule has 0 spiro atoms. The molecule has 0 radical (unpaired) electrons. The molecule has 2 fully saturated rings. The van der Waals surface area contributed by atoms with Gasteiger partial charge in [0.2, 0.25) is 0 Å². The largest absolute Gasteiger partial charge is 0.330 e. The molecular weight excluding hydrogens is 256 g/mol. The molecule has 0 aromatic carbocycles. The molecule has 2 rings (SSSR count). The smallest absolute Gasteiger partial charge is 0.0138 e. The lowest BCUT2D eigenvalue weighted by Crippen LogP contribution is -2.48. The van der Waals surface area contributed by atoms with Crippen LogP contribution in [0.5, 0.6) is 0 Å². The summed E-state index contributed by atoms with van der Waals surface area (Å²) >= 11 is 0. The molecule has 0 amide bonds. The van der Waals surface area contributed by atoms with Crippen molar-refractivity contribution in [3.8, 4) is 0 Å². The molecule has 2 nitrogen and oxygen atoms in total. The number of nitrogens with zero attached hydrogens (tertiary/aromatic N) is 1. The van der Waals surface area contributed by atoms with Gasteiger partial charge in [0.15, 0.2) is 0 Å². The second kappa shape index (κ2) is 7.00. The Morgan fingerprint density at radius 1 is 1.19 bits per heavy atom. The van der Waals surface area contributed by atoms with Gasteiger partial charge in [-0.05, 0) is 67.9 Å². The van der Waals surface area contributed by atoms with Crippen molar-refractivity contribution in [3.05, 3.63) is 0 Å². The van der Waals surface area contributed by atoms with Crippen molar-refractivity contribution >= 4 is 0 Å². The van der Waals surface area contributed by atoms with E-state index in [-0.39, 0.29) is 0 Å². The van der Waals surface area contributed by atoms with Gasteiger partial charge in [-0.3, -0.25) is 4.90 Å². The van der Waals surface area contributed by atoms with Crippen LogP contribution in [0.3, 0.4) is 0 Å². The summed E-state index contributed by atoms with van der Waals surface area (Å²) in [7, 11) is 0. The Morgan fingerprint density at radius 2 is 1.90 bits per heavy atom. The SMILES string of the molecule is CCC(C)(C)C1CCC(CN)C(N2CCC(C(C)C)C2)C1. The quantitative estimate of drug-likeness (QED) is 0.825. The lowest BCUT2D eigenvalue weighted by Gasteiger charge is -2.46. The van der Waals surface area contributed by atoms with Gasteiger partial charge in [-0.2, -0.15) is 0 Å². The van der Waals surface area contributed by atoms with Crippen molar-refractivity contribution in [1.82, 2.24) is 4.90 Å². The Kier molecular flexibility index (Phi) is 5.76. The lowest BCUT2D eigenvalue weighted by molar-refractivity contribution is 0.0464. The van der Waals surface area contributed by atoms with Gasteiger partial charge >= 0.3 is 0 Å². The highest BCUT2D eigenvalue weighted by Gasteiger charge is 2.41. The molecule has 2 aliphatic rings. The fourth-order valence-corrected chi connectivity index (χ4v) is 4.59. The second-order valence-corrected chi connectivity index (χ2v) is 8.70. The summed E-state index contributed by atoms with van der Waals surface area (Å²) in [5.74, 6) is 3.36. The molecule has 0 aromatic heterocycles. The summed E-state index contributed by atoms with van der Waals surface area (Å²) in [6, 6.07) is 0.753. The van der Waals surface area contributed by atoms with E-state index in [1.54, 1.807) is 0 Å². The average molecular weight is 295 g/mol. The predicted octanol–water partition coefficient (Wildman–Crippen LogP) is 4.14. The van der Waals surface area contributed by atoms with Crippen LogP contribution in [0.15, 0.2) is 0 Å². The third-order valence-electron chi connectivity index (χ3n) is 6.94. The first-order valence-corrected chi connectivity index (χ1v) is 9.33. The van der Waals surface area contributed by atoms with E-state index in [4.69, 9.17) is 5.73 Å². The predicted molar refractivity (Wildman–Crippen MR) is 92.3 cm³/mol. The molecule has 1 aliphatic carbocycles. The normalized spacial score (nSPS) is 35.6. The molecule has 4 atom stereocenters. The van der Waals surface area contributed by atoms with Crippen molar-refractivity contribution in [2.75, 3.05) is 19.6 Å². The first-order chi connectivity index (χ1) is 9.89. The van der Waals surface area contributed by atoms with Gasteiger partial charge < -0.3 is 5.73 Å². The fraction of sp³-hybridized carbons (Fsp3) is 1.00. The zero-order valence-corrected chi connectivity index (χ0v) is 15.1. The van der Waals surface area contributed by atoms with Crippen LogP contribution < -0.4 is 5.73 Å². The third-order valence-corrected chi connectivity index (χ3v) is 6.94. The van der Waals surface area contributed by atoms with Gasteiger partial charge in [0, 0.05) is 12.6 Å². The van der Waals surface area contributed by atoms with Crippen LogP contribution in [0, 0.1) is 29.1 Å².